The highest BCUT2D eigenvalue weighted by atomic mass is 15.0. The molecule has 6 heteroatoms. The molecule has 2 aromatic heterocycles. The molecule has 2 heterocycles. The van der Waals surface area contributed by atoms with Crippen LogP contribution < -0.4 is 0 Å². The van der Waals surface area contributed by atoms with E-state index in [0.29, 0.717) is 34.9 Å². The third-order valence-corrected chi connectivity index (χ3v) is 18.8. The van der Waals surface area contributed by atoms with E-state index in [2.05, 4.69) is 317 Å². The molecule has 0 N–H and O–H groups in total. The van der Waals surface area contributed by atoms with Crippen molar-refractivity contribution in [2.75, 3.05) is 0 Å². The molecule has 0 saturated carbocycles. The Labute approximate surface area is 552 Å². The fourth-order valence-electron chi connectivity index (χ4n) is 13.9. The number of fused-ring (bicyclic) bond motifs is 5. The third-order valence-electron chi connectivity index (χ3n) is 18.8. The molecule has 0 unspecified atom stereocenters. The molecule has 446 valence electrons. The van der Waals surface area contributed by atoms with E-state index in [0.717, 1.165) is 111 Å². The Morgan fingerprint density at radius 2 is 0.421 bits per heavy atom. The number of benzene rings is 14. The largest absolute Gasteiger partial charge is 0.208 e. The van der Waals surface area contributed by atoms with Gasteiger partial charge in [0.1, 0.15) is 0 Å². The molecular weight excluding hydrogens is 1150 g/mol. The highest BCUT2D eigenvalue weighted by Gasteiger charge is 2.37. The second-order valence-electron chi connectivity index (χ2n) is 25.0. The summed E-state index contributed by atoms with van der Waals surface area (Å²) < 4.78 is 0. The van der Waals surface area contributed by atoms with Crippen molar-refractivity contribution in [3.8, 4) is 146 Å². The van der Waals surface area contributed by atoms with Gasteiger partial charge in [0, 0.05) is 38.8 Å². The standard InChI is InChI=1S/C89H60N6/c1-89(2)79-54-72(88-94-85(69-45-37-63(38-46-69)59-25-13-5-14-26-59)91-86(95-88)70-47-39-64(40-48-70)60-27-15-6-16-28-60)49-51-73(79)75-55-77-78(56-80(75)89)81(65-29-17-7-18-30-65)74-52-50-71(53-76(74)82(77)66-31-19-8-20-32-66)87-92-83(67-41-33-61(34-42-67)57-21-9-3-10-22-57)90-84(93-87)68-43-35-62(36-44-68)58-23-11-4-12-24-58/h3-56H,1-2H3. The van der Waals surface area contributed by atoms with E-state index in [-0.39, 0.29) is 0 Å². The Balaban J connectivity index is 0.826. The van der Waals surface area contributed by atoms with Gasteiger partial charge in [-0.3, -0.25) is 0 Å². The zero-order chi connectivity index (χ0) is 63.4. The van der Waals surface area contributed by atoms with Crippen molar-refractivity contribution in [3.63, 3.8) is 0 Å². The number of nitrogens with zero attached hydrogens (tertiary/aromatic N) is 6. The van der Waals surface area contributed by atoms with Gasteiger partial charge in [0.15, 0.2) is 34.9 Å². The summed E-state index contributed by atoms with van der Waals surface area (Å²) in [5, 5.41) is 4.57. The Morgan fingerprint density at radius 3 is 0.779 bits per heavy atom. The maximum atomic E-state index is 5.37. The predicted molar refractivity (Wildman–Crippen MR) is 391 cm³/mol. The Bertz CT molecular complexity index is 5330. The van der Waals surface area contributed by atoms with E-state index < -0.39 is 5.41 Å². The first-order valence-electron chi connectivity index (χ1n) is 32.3. The van der Waals surface area contributed by atoms with Gasteiger partial charge < -0.3 is 0 Å². The molecule has 0 fully saturated rings. The zero-order valence-electron chi connectivity index (χ0n) is 52.4. The normalized spacial score (nSPS) is 12.2. The van der Waals surface area contributed by atoms with Crippen molar-refractivity contribution in [2.45, 2.75) is 19.3 Å². The molecular formula is C89H60N6. The van der Waals surface area contributed by atoms with Crippen LogP contribution in [0, 0.1) is 0 Å². The number of hydrogen-bond donors (Lipinski definition) is 0. The van der Waals surface area contributed by atoms with E-state index in [1.165, 1.54) is 33.2 Å². The molecule has 1 aliphatic carbocycles. The summed E-state index contributed by atoms with van der Waals surface area (Å²) in [7, 11) is 0. The van der Waals surface area contributed by atoms with Gasteiger partial charge >= 0.3 is 0 Å². The SMILES string of the molecule is CC1(C)c2cc(-c3nc(-c4ccc(-c5ccccc5)cc4)nc(-c4ccc(-c5ccccc5)cc4)n3)ccc2-c2cc3c(-c4ccccc4)c4cc(-c5nc(-c6ccc(-c7ccccc7)cc6)nc(-c6ccc(-c7ccccc7)cc6)n5)ccc4c(-c4ccccc4)c3cc21. The molecule has 0 aliphatic heterocycles. The predicted octanol–water partition coefficient (Wildman–Crippen LogP) is 22.7. The summed E-state index contributed by atoms with van der Waals surface area (Å²) in [5.74, 6) is 3.63. The van der Waals surface area contributed by atoms with E-state index in [1.54, 1.807) is 0 Å². The minimum absolute atomic E-state index is 0.411. The quantitative estimate of drug-likeness (QED) is 0.113. The smallest absolute Gasteiger partial charge is 0.164 e. The first-order chi connectivity index (χ1) is 46.8. The van der Waals surface area contributed by atoms with Gasteiger partial charge in [0.2, 0.25) is 0 Å². The molecule has 95 heavy (non-hydrogen) atoms. The second-order valence-corrected chi connectivity index (χ2v) is 25.0. The minimum atomic E-state index is -0.411. The van der Waals surface area contributed by atoms with E-state index in [1.807, 2.05) is 24.3 Å². The molecule has 0 spiro atoms. The monoisotopic (exact) mass is 1210 g/mol. The molecule has 16 aromatic rings. The average molecular weight is 1210 g/mol. The fourth-order valence-corrected chi connectivity index (χ4v) is 13.9. The highest BCUT2D eigenvalue weighted by Crippen LogP contribution is 2.54. The molecule has 0 radical (unpaired) electrons. The summed E-state index contributed by atoms with van der Waals surface area (Å²) >= 11 is 0. The summed E-state index contributed by atoms with van der Waals surface area (Å²) in [6.45, 7) is 4.72. The number of aromatic nitrogens is 6. The van der Waals surface area contributed by atoms with Crippen LogP contribution in [0.4, 0.5) is 0 Å². The topological polar surface area (TPSA) is 77.3 Å². The first kappa shape index (κ1) is 56.6. The van der Waals surface area contributed by atoms with E-state index in [4.69, 9.17) is 29.9 Å². The van der Waals surface area contributed by atoms with Crippen LogP contribution in [0.3, 0.4) is 0 Å². The Hall–Kier alpha value is -12.4. The van der Waals surface area contributed by atoms with Crippen LogP contribution in [0.15, 0.2) is 328 Å². The van der Waals surface area contributed by atoms with Crippen molar-refractivity contribution < 1.29 is 0 Å². The fraction of sp³-hybridized carbons (Fsp3) is 0.0337. The summed E-state index contributed by atoms with van der Waals surface area (Å²) in [6.07, 6.45) is 0. The van der Waals surface area contributed by atoms with Gasteiger partial charge in [-0.05, 0) is 135 Å². The molecule has 6 nitrogen and oxygen atoms in total. The number of rotatable bonds is 12. The zero-order valence-corrected chi connectivity index (χ0v) is 52.4. The van der Waals surface area contributed by atoms with Crippen LogP contribution in [-0.4, -0.2) is 29.9 Å². The molecule has 0 amide bonds. The average Bonchev–Trinajstić information content (AvgIpc) is 1.64. The van der Waals surface area contributed by atoms with Gasteiger partial charge in [-0.25, -0.2) is 29.9 Å². The summed E-state index contributed by atoms with van der Waals surface area (Å²) in [6, 6.07) is 116. The van der Waals surface area contributed by atoms with Crippen LogP contribution in [-0.2, 0) is 5.41 Å². The van der Waals surface area contributed by atoms with Crippen molar-refractivity contribution in [1.29, 1.82) is 0 Å². The van der Waals surface area contributed by atoms with Crippen molar-refractivity contribution in [2.24, 2.45) is 0 Å². The first-order valence-corrected chi connectivity index (χ1v) is 32.3. The van der Waals surface area contributed by atoms with Gasteiger partial charge in [0.25, 0.3) is 0 Å². The molecule has 1 aliphatic rings. The lowest BCUT2D eigenvalue weighted by molar-refractivity contribution is 0.661. The lowest BCUT2D eigenvalue weighted by Gasteiger charge is -2.24. The van der Waals surface area contributed by atoms with Gasteiger partial charge in [0.05, 0.1) is 0 Å². The molecule has 0 atom stereocenters. The van der Waals surface area contributed by atoms with Crippen LogP contribution >= 0.6 is 0 Å². The van der Waals surface area contributed by atoms with Gasteiger partial charge in [-0.1, -0.05) is 317 Å². The van der Waals surface area contributed by atoms with Crippen molar-refractivity contribution >= 4 is 21.5 Å². The van der Waals surface area contributed by atoms with Crippen LogP contribution in [0.25, 0.3) is 168 Å². The third kappa shape index (κ3) is 10.5. The second kappa shape index (κ2) is 23.7. The highest BCUT2D eigenvalue weighted by molar-refractivity contribution is 6.23. The maximum absolute atomic E-state index is 5.37. The summed E-state index contributed by atoms with van der Waals surface area (Å²) in [4.78, 5) is 31.8. The Morgan fingerprint density at radius 1 is 0.179 bits per heavy atom. The van der Waals surface area contributed by atoms with E-state index >= 15 is 0 Å². The maximum Gasteiger partial charge on any atom is 0.164 e. The van der Waals surface area contributed by atoms with Crippen LogP contribution in [0.2, 0.25) is 0 Å². The Kier molecular flexibility index (Phi) is 14.1. The van der Waals surface area contributed by atoms with Crippen molar-refractivity contribution in [1.82, 2.24) is 29.9 Å². The molecule has 0 saturated heterocycles. The minimum Gasteiger partial charge on any atom is -0.208 e. The van der Waals surface area contributed by atoms with Crippen LogP contribution in [0.1, 0.15) is 25.0 Å². The summed E-state index contributed by atoms with van der Waals surface area (Å²) in [5.41, 5.74) is 23.6. The van der Waals surface area contributed by atoms with Gasteiger partial charge in [-0.2, -0.15) is 0 Å². The molecule has 14 aromatic carbocycles. The van der Waals surface area contributed by atoms with Crippen LogP contribution in [0.5, 0.6) is 0 Å². The lowest BCUT2D eigenvalue weighted by atomic mass is 9.79. The van der Waals surface area contributed by atoms with Crippen molar-refractivity contribution in [3.05, 3.63) is 339 Å². The number of hydrogen-bond acceptors (Lipinski definition) is 6. The van der Waals surface area contributed by atoms with Gasteiger partial charge in [-0.15, -0.1) is 0 Å². The lowest BCUT2D eigenvalue weighted by Crippen LogP contribution is -2.15. The molecule has 17 rings (SSSR count). The van der Waals surface area contributed by atoms with E-state index in [9.17, 15) is 0 Å². The molecule has 0 bridgehead atoms.